The minimum Gasteiger partial charge on any atom is -0.383 e. The summed E-state index contributed by atoms with van der Waals surface area (Å²) in [5.41, 5.74) is 6.00. The van der Waals surface area contributed by atoms with Crippen molar-refractivity contribution in [3.8, 4) is 0 Å². The van der Waals surface area contributed by atoms with Gasteiger partial charge in [-0.15, -0.1) is 0 Å². The summed E-state index contributed by atoms with van der Waals surface area (Å²) in [5, 5.41) is 6.94. The molecule has 1 aromatic heterocycles. The van der Waals surface area contributed by atoms with E-state index < -0.39 is 0 Å². The van der Waals surface area contributed by atoms with E-state index >= 15 is 0 Å². The summed E-state index contributed by atoms with van der Waals surface area (Å²) in [6.45, 7) is 6.13. The van der Waals surface area contributed by atoms with Crippen LogP contribution in [0, 0.1) is 0 Å². The smallest absolute Gasteiger partial charge is 0.257 e. The fourth-order valence-corrected chi connectivity index (χ4v) is 1.39. The second-order valence-corrected chi connectivity index (χ2v) is 4.29. The summed E-state index contributed by atoms with van der Waals surface area (Å²) in [7, 11) is 1.71. The molecular weight excluding hydrogens is 204 g/mol. The van der Waals surface area contributed by atoms with Crippen LogP contribution in [0.4, 0.5) is 5.82 Å². The lowest BCUT2D eigenvalue weighted by molar-refractivity contribution is 0.0902. The predicted octanol–water partition coefficient (Wildman–Crippen LogP) is 1.31. The van der Waals surface area contributed by atoms with Gasteiger partial charge in [-0.3, -0.25) is 9.48 Å². The molecule has 90 valence electrons. The summed E-state index contributed by atoms with van der Waals surface area (Å²) >= 11 is 0. The third kappa shape index (κ3) is 2.35. The van der Waals surface area contributed by atoms with E-state index in [0.717, 1.165) is 12.8 Å². The highest BCUT2D eigenvalue weighted by Crippen LogP contribution is 2.16. The molecular formula is C11H20N4O. The summed E-state index contributed by atoms with van der Waals surface area (Å²) < 4.78 is 1.49. The number of hydrogen-bond acceptors (Lipinski definition) is 3. The molecule has 0 saturated heterocycles. The largest absolute Gasteiger partial charge is 0.383 e. The molecule has 0 unspecified atom stereocenters. The van der Waals surface area contributed by atoms with Gasteiger partial charge in [0, 0.05) is 12.6 Å². The van der Waals surface area contributed by atoms with Crippen LogP contribution in [0.1, 0.15) is 44.0 Å². The molecule has 5 nitrogen and oxygen atoms in total. The second-order valence-electron chi connectivity index (χ2n) is 4.29. The molecule has 0 aliphatic heterocycles. The molecule has 3 N–H and O–H groups in total. The lowest BCUT2D eigenvalue weighted by Crippen LogP contribution is -2.45. The number of carbonyl (C=O) groups excluding carboxylic acids is 1. The van der Waals surface area contributed by atoms with Gasteiger partial charge in [0.1, 0.15) is 11.4 Å². The fraction of sp³-hybridized carbons (Fsp3) is 0.636. The first-order valence-corrected chi connectivity index (χ1v) is 5.53. The van der Waals surface area contributed by atoms with Crippen molar-refractivity contribution in [2.24, 2.45) is 7.05 Å². The fourth-order valence-electron chi connectivity index (χ4n) is 1.39. The normalized spacial score (nSPS) is 11.5. The van der Waals surface area contributed by atoms with E-state index in [-0.39, 0.29) is 11.4 Å². The highest BCUT2D eigenvalue weighted by molar-refractivity contribution is 5.98. The number of rotatable bonds is 4. The molecule has 0 atom stereocenters. The molecule has 0 radical (unpaired) electrons. The van der Waals surface area contributed by atoms with Crippen LogP contribution in [0.5, 0.6) is 0 Å². The van der Waals surface area contributed by atoms with Crippen LogP contribution in [-0.2, 0) is 7.05 Å². The molecule has 1 amide bonds. The van der Waals surface area contributed by atoms with Crippen LogP contribution in [0.15, 0.2) is 6.20 Å². The quantitative estimate of drug-likeness (QED) is 0.810. The van der Waals surface area contributed by atoms with Crippen molar-refractivity contribution in [1.29, 1.82) is 0 Å². The van der Waals surface area contributed by atoms with Gasteiger partial charge in [0.05, 0.1) is 6.20 Å². The van der Waals surface area contributed by atoms with Crippen molar-refractivity contribution in [2.45, 2.75) is 39.2 Å². The first-order chi connectivity index (χ1) is 7.43. The van der Waals surface area contributed by atoms with Gasteiger partial charge >= 0.3 is 0 Å². The average Bonchev–Trinajstić information content (AvgIpc) is 2.59. The SMILES string of the molecule is CCC(C)(CC)NC(=O)c1cnn(C)c1N. The van der Waals surface area contributed by atoms with Crippen molar-refractivity contribution in [3.63, 3.8) is 0 Å². The van der Waals surface area contributed by atoms with Crippen molar-refractivity contribution in [1.82, 2.24) is 15.1 Å². The molecule has 0 fully saturated rings. The highest BCUT2D eigenvalue weighted by atomic mass is 16.1. The lowest BCUT2D eigenvalue weighted by Gasteiger charge is -2.28. The molecule has 16 heavy (non-hydrogen) atoms. The van der Waals surface area contributed by atoms with Crippen LogP contribution in [0.2, 0.25) is 0 Å². The van der Waals surface area contributed by atoms with Gasteiger partial charge in [0.15, 0.2) is 0 Å². The van der Waals surface area contributed by atoms with Crippen LogP contribution in [0.25, 0.3) is 0 Å². The molecule has 1 heterocycles. The van der Waals surface area contributed by atoms with E-state index in [1.165, 1.54) is 10.9 Å². The molecule has 0 bridgehead atoms. The number of amides is 1. The van der Waals surface area contributed by atoms with Crippen LogP contribution >= 0.6 is 0 Å². The molecule has 0 aliphatic carbocycles. The number of aromatic nitrogens is 2. The number of aryl methyl sites for hydroxylation is 1. The number of hydrogen-bond donors (Lipinski definition) is 2. The van der Waals surface area contributed by atoms with Gasteiger partial charge in [-0.1, -0.05) is 13.8 Å². The molecule has 0 aliphatic rings. The van der Waals surface area contributed by atoms with Crippen molar-refractivity contribution >= 4 is 11.7 Å². The van der Waals surface area contributed by atoms with Crippen molar-refractivity contribution < 1.29 is 4.79 Å². The molecule has 1 rings (SSSR count). The Morgan fingerprint density at radius 3 is 2.50 bits per heavy atom. The van der Waals surface area contributed by atoms with Gasteiger partial charge in [0.2, 0.25) is 0 Å². The Bertz CT molecular complexity index is 379. The zero-order valence-corrected chi connectivity index (χ0v) is 10.4. The van der Waals surface area contributed by atoms with Gasteiger partial charge in [-0.2, -0.15) is 5.10 Å². The van der Waals surface area contributed by atoms with Gasteiger partial charge in [-0.05, 0) is 19.8 Å². The summed E-state index contributed by atoms with van der Waals surface area (Å²) in [4.78, 5) is 12.0. The maximum absolute atomic E-state index is 12.0. The van der Waals surface area contributed by atoms with Gasteiger partial charge in [0.25, 0.3) is 5.91 Å². The lowest BCUT2D eigenvalue weighted by atomic mass is 9.95. The maximum atomic E-state index is 12.0. The number of carbonyl (C=O) groups is 1. The first kappa shape index (κ1) is 12.5. The number of nitrogen functional groups attached to an aromatic ring is 1. The zero-order valence-electron chi connectivity index (χ0n) is 10.4. The number of nitrogens with zero attached hydrogens (tertiary/aromatic N) is 2. The predicted molar refractivity (Wildman–Crippen MR) is 64.1 cm³/mol. The standard InChI is InChI=1S/C11H20N4O/c1-5-11(3,6-2)14-10(16)8-7-13-15(4)9(8)12/h7H,5-6,12H2,1-4H3,(H,14,16). The highest BCUT2D eigenvalue weighted by Gasteiger charge is 2.24. The third-order valence-corrected chi connectivity index (χ3v) is 3.21. The van der Waals surface area contributed by atoms with E-state index in [4.69, 9.17) is 5.73 Å². The maximum Gasteiger partial charge on any atom is 0.257 e. The second kappa shape index (κ2) is 4.55. The molecule has 0 saturated carbocycles. The van der Waals surface area contributed by atoms with E-state index in [9.17, 15) is 4.79 Å². The summed E-state index contributed by atoms with van der Waals surface area (Å²) in [6.07, 6.45) is 3.27. The Morgan fingerprint density at radius 2 is 2.12 bits per heavy atom. The van der Waals surface area contributed by atoms with Gasteiger partial charge < -0.3 is 11.1 Å². The molecule has 0 aromatic carbocycles. The Kier molecular flexibility index (Phi) is 3.57. The van der Waals surface area contributed by atoms with Gasteiger partial charge in [-0.25, -0.2) is 0 Å². The Morgan fingerprint density at radius 1 is 1.56 bits per heavy atom. The van der Waals surface area contributed by atoms with Crippen LogP contribution < -0.4 is 11.1 Å². The zero-order chi connectivity index (χ0) is 12.3. The van der Waals surface area contributed by atoms with Crippen molar-refractivity contribution in [3.05, 3.63) is 11.8 Å². The summed E-state index contributed by atoms with van der Waals surface area (Å²) in [6, 6.07) is 0. The van der Waals surface area contributed by atoms with Crippen LogP contribution in [-0.4, -0.2) is 21.2 Å². The van der Waals surface area contributed by atoms with Crippen LogP contribution in [0.3, 0.4) is 0 Å². The van der Waals surface area contributed by atoms with E-state index in [1.54, 1.807) is 7.05 Å². The molecule has 0 spiro atoms. The minimum absolute atomic E-state index is 0.156. The monoisotopic (exact) mass is 224 g/mol. The minimum atomic E-state index is -0.181. The number of nitrogens with two attached hydrogens (primary N) is 1. The molecule has 1 aromatic rings. The van der Waals surface area contributed by atoms with E-state index in [0.29, 0.717) is 11.4 Å². The number of nitrogens with one attached hydrogen (secondary N) is 1. The average molecular weight is 224 g/mol. The van der Waals surface area contributed by atoms with E-state index in [2.05, 4.69) is 24.3 Å². The molecule has 5 heteroatoms. The Labute approximate surface area is 96.0 Å². The van der Waals surface area contributed by atoms with E-state index in [1.807, 2.05) is 6.92 Å². The summed E-state index contributed by atoms with van der Waals surface area (Å²) in [5.74, 6) is 0.240. The topological polar surface area (TPSA) is 72.9 Å². The number of anilines is 1. The first-order valence-electron chi connectivity index (χ1n) is 5.53. The Hall–Kier alpha value is -1.52. The third-order valence-electron chi connectivity index (χ3n) is 3.21. The Balaban J connectivity index is 2.84. The van der Waals surface area contributed by atoms with Crippen molar-refractivity contribution in [2.75, 3.05) is 5.73 Å².